The lowest BCUT2D eigenvalue weighted by Gasteiger charge is -2.22. The highest BCUT2D eigenvalue weighted by Gasteiger charge is 2.37. The number of carbonyl (C=O) groups excluding carboxylic acids is 1. The van der Waals surface area contributed by atoms with Crippen molar-refractivity contribution in [3.63, 3.8) is 0 Å². The van der Waals surface area contributed by atoms with E-state index in [0.29, 0.717) is 6.08 Å². The minimum atomic E-state index is -4.71. The summed E-state index contributed by atoms with van der Waals surface area (Å²) in [6.45, 7) is 0.886. The van der Waals surface area contributed by atoms with Crippen molar-refractivity contribution in [2.75, 3.05) is 25.5 Å². The van der Waals surface area contributed by atoms with Crippen molar-refractivity contribution < 1.29 is 41.4 Å². The SMILES string of the molecule is C[C@H](Nc1c(-c2c(F)cc(OCCCN(C)C(=O)/C=C/C(=O)O)cc2F)c(Cl)nc2ncnn12)C(F)(F)F. The number of hydrogen-bond acceptors (Lipinski definition) is 7. The third kappa shape index (κ3) is 6.65. The molecule has 1 amide bonds. The van der Waals surface area contributed by atoms with E-state index in [1.807, 2.05) is 0 Å². The molecule has 38 heavy (non-hydrogen) atoms. The number of anilines is 1. The Morgan fingerprint density at radius 2 is 1.89 bits per heavy atom. The van der Waals surface area contributed by atoms with Crippen LogP contribution in [0.4, 0.5) is 27.8 Å². The molecule has 0 saturated heterocycles. The van der Waals surface area contributed by atoms with Crippen LogP contribution in [-0.4, -0.2) is 73.9 Å². The van der Waals surface area contributed by atoms with E-state index < -0.39 is 57.8 Å². The third-order valence-electron chi connectivity index (χ3n) is 5.14. The van der Waals surface area contributed by atoms with Gasteiger partial charge in [0.2, 0.25) is 5.91 Å². The summed E-state index contributed by atoms with van der Waals surface area (Å²) in [5.74, 6) is -5.13. The van der Waals surface area contributed by atoms with Gasteiger partial charge in [-0.3, -0.25) is 4.79 Å². The summed E-state index contributed by atoms with van der Waals surface area (Å²) in [7, 11) is 1.43. The van der Waals surface area contributed by atoms with Crippen LogP contribution in [0.3, 0.4) is 0 Å². The van der Waals surface area contributed by atoms with Gasteiger partial charge >= 0.3 is 12.1 Å². The molecule has 0 unspecified atom stereocenters. The number of aromatic nitrogens is 4. The Morgan fingerprint density at radius 3 is 2.50 bits per heavy atom. The molecular weight excluding hydrogens is 543 g/mol. The largest absolute Gasteiger partial charge is 0.493 e. The molecule has 2 heterocycles. The number of nitrogens with one attached hydrogen (secondary N) is 1. The number of fused-ring (bicyclic) bond motifs is 1. The predicted molar refractivity (Wildman–Crippen MR) is 125 cm³/mol. The highest BCUT2D eigenvalue weighted by Crippen LogP contribution is 2.39. The molecule has 0 saturated carbocycles. The van der Waals surface area contributed by atoms with Crippen LogP contribution in [0.5, 0.6) is 5.75 Å². The van der Waals surface area contributed by atoms with Gasteiger partial charge in [-0.05, 0) is 13.3 Å². The molecule has 204 valence electrons. The average molecular weight is 563 g/mol. The summed E-state index contributed by atoms with van der Waals surface area (Å²) in [4.78, 5) is 31.1. The van der Waals surface area contributed by atoms with Crippen molar-refractivity contribution in [2.24, 2.45) is 0 Å². The fourth-order valence-electron chi connectivity index (χ4n) is 3.20. The second-order valence-electron chi connectivity index (χ2n) is 7.90. The van der Waals surface area contributed by atoms with Crippen LogP contribution in [0.1, 0.15) is 13.3 Å². The molecule has 16 heteroatoms. The van der Waals surface area contributed by atoms with E-state index in [1.165, 1.54) is 11.9 Å². The number of aliphatic carboxylic acids is 1. The molecule has 0 bridgehead atoms. The molecule has 2 N–H and O–H groups in total. The lowest BCUT2D eigenvalue weighted by atomic mass is 10.1. The van der Waals surface area contributed by atoms with E-state index in [9.17, 15) is 22.8 Å². The maximum atomic E-state index is 15.1. The Labute approximate surface area is 216 Å². The van der Waals surface area contributed by atoms with Gasteiger partial charge in [-0.2, -0.15) is 32.8 Å². The first-order valence-corrected chi connectivity index (χ1v) is 11.2. The Bertz CT molecular complexity index is 1360. The second kappa shape index (κ2) is 11.6. The van der Waals surface area contributed by atoms with Crippen LogP contribution in [-0.2, 0) is 9.59 Å². The van der Waals surface area contributed by atoms with Gasteiger partial charge in [0.05, 0.1) is 17.7 Å². The predicted octanol–water partition coefficient (Wildman–Crippen LogP) is 3.95. The average Bonchev–Trinajstić information content (AvgIpc) is 3.28. The fourth-order valence-corrected chi connectivity index (χ4v) is 3.46. The summed E-state index contributed by atoms with van der Waals surface area (Å²) in [5.41, 5.74) is -1.27. The number of likely N-dealkylation sites (N-methyl/N-ethyl adjacent to an activating group) is 1. The number of carboxylic acids is 1. The highest BCUT2D eigenvalue weighted by atomic mass is 35.5. The number of nitrogens with zero attached hydrogens (tertiary/aromatic N) is 5. The van der Waals surface area contributed by atoms with Crippen molar-refractivity contribution in [3.05, 3.63) is 47.4 Å². The molecule has 0 radical (unpaired) electrons. The minimum Gasteiger partial charge on any atom is -0.493 e. The molecule has 0 fully saturated rings. The van der Waals surface area contributed by atoms with Crippen molar-refractivity contribution >= 4 is 35.1 Å². The molecule has 3 aromatic rings. The first-order chi connectivity index (χ1) is 17.8. The van der Waals surface area contributed by atoms with Gasteiger partial charge in [-0.15, -0.1) is 0 Å². The molecule has 3 rings (SSSR count). The normalized spacial score (nSPS) is 12.6. The third-order valence-corrected chi connectivity index (χ3v) is 5.42. The standard InChI is InChI=1S/C22H20ClF5N6O4/c1-11(22(26,27)28)31-20-18(19(23)32-21-29-10-30-34(20)21)17-13(24)8-12(9-14(17)25)38-7-3-6-33(2)15(35)4-5-16(36)37/h4-5,8-11,31H,3,6-7H2,1-2H3,(H,36,37)/b5-4+/t11-/m0/s1. The summed E-state index contributed by atoms with van der Waals surface area (Å²) in [5, 5.41) is 14.0. The van der Waals surface area contributed by atoms with E-state index in [4.69, 9.17) is 21.4 Å². The van der Waals surface area contributed by atoms with Gasteiger partial charge in [0.15, 0.2) is 0 Å². The van der Waals surface area contributed by atoms with E-state index in [2.05, 4.69) is 20.4 Å². The minimum absolute atomic E-state index is 0.0678. The van der Waals surface area contributed by atoms with Gasteiger partial charge in [0, 0.05) is 37.9 Å². The van der Waals surface area contributed by atoms with Crippen LogP contribution in [0, 0.1) is 11.6 Å². The quantitative estimate of drug-likeness (QED) is 0.165. The van der Waals surface area contributed by atoms with Gasteiger partial charge in [0.1, 0.15) is 40.7 Å². The molecule has 0 aliphatic carbocycles. The zero-order valence-corrected chi connectivity index (χ0v) is 20.5. The molecule has 0 aliphatic rings. The number of halogens is 6. The maximum Gasteiger partial charge on any atom is 0.408 e. The summed E-state index contributed by atoms with van der Waals surface area (Å²) < 4.78 is 76.2. The van der Waals surface area contributed by atoms with E-state index >= 15 is 8.78 Å². The number of carboxylic acid groups (broad SMARTS) is 1. The topological polar surface area (TPSA) is 122 Å². The zero-order valence-electron chi connectivity index (χ0n) is 19.8. The Morgan fingerprint density at radius 1 is 1.24 bits per heavy atom. The Hall–Kier alpha value is -4.01. The van der Waals surface area contributed by atoms with Crippen molar-refractivity contribution in [3.8, 4) is 16.9 Å². The number of carbonyl (C=O) groups is 2. The summed E-state index contributed by atoms with van der Waals surface area (Å²) in [6, 6.07) is -0.505. The van der Waals surface area contributed by atoms with Crippen molar-refractivity contribution in [2.45, 2.75) is 25.6 Å². The number of rotatable bonds is 10. The van der Waals surface area contributed by atoms with Crippen LogP contribution >= 0.6 is 11.6 Å². The number of alkyl halides is 3. The summed E-state index contributed by atoms with van der Waals surface area (Å²) >= 11 is 6.13. The maximum absolute atomic E-state index is 15.1. The number of ether oxygens (including phenoxy) is 1. The molecule has 10 nitrogen and oxygen atoms in total. The van der Waals surface area contributed by atoms with E-state index in [0.717, 1.165) is 36.0 Å². The van der Waals surface area contributed by atoms with E-state index in [1.54, 1.807) is 0 Å². The molecule has 1 aromatic carbocycles. The van der Waals surface area contributed by atoms with Crippen LogP contribution < -0.4 is 10.1 Å². The lowest BCUT2D eigenvalue weighted by molar-refractivity contribution is -0.138. The number of amides is 1. The number of benzene rings is 1. The smallest absolute Gasteiger partial charge is 0.408 e. The number of hydrogen-bond donors (Lipinski definition) is 2. The summed E-state index contributed by atoms with van der Waals surface area (Å²) in [6.07, 6.45) is -1.92. The van der Waals surface area contributed by atoms with Crippen molar-refractivity contribution in [1.82, 2.24) is 24.5 Å². The van der Waals surface area contributed by atoms with Crippen molar-refractivity contribution in [1.29, 1.82) is 0 Å². The van der Waals surface area contributed by atoms with Crippen LogP contribution in [0.2, 0.25) is 5.15 Å². The molecule has 0 aliphatic heterocycles. The first-order valence-electron chi connectivity index (χ1n) is 10.8. The zero-order chi connectivity index (χ0) is 28.2. The van der Waals surface area contributed by atoms with Gasteiger partial charge in [0.25, 0.3) is 5.78 Å². The molecule has 2 aromatic heterocycles. The van der Waals surface area contributed by atoms with Crippen LogP contribution in [0.25, 0.3) is 16.9 Å². The van der Waals surface area contributed by atoms with Gasteiger partial charge in [-0.1, -0.05) is 11.6 Å². The van der Waals surface area contributed by atoms with Crippen LogP contribution in [0.15, 0.2) is 30.6 Å². The molecule has 0 spiro atoms. The monoisotopic (exact) mass is 562 g/mol. The van der Waals surface area contributed by atoms with Gasteiger partial charge in [-0.25, -0.2) is 13.6 Å². The fraction of sp³-hybridized carbons (Fsp3) is 0.318. The Balaban J connectivity index is 1.83. The van der Waals surface area contributed by atoms with Gasteiger partial charge < -0.3 is 20.1 Å². The van der Waals surface area contributed by atoms with E-state index in [-0.39, 0.29) is 31.1 Å². The second-order valence-corrected chi connectivity index (χ2v) is 8.26. The first kappa shape index (κ1) is 28.6. The molecule has 1 atom stereocenters. The molecular formula is C22H20ClF5N6O4. The highest BCUT2D eigenvalue weighted by molar-refractivity contribution is 6.33. The lowest BCUT2D eigenvalue weighted by Crippen LogP contribution is -2.34. The Kier molecular flexibility index (Phi) is 8.70.